The minimum atomic E-state index is -0.214. The monoisotopic (exact) mass is 453 g/mol. The number of hydrogen-bond acceptors (Lipinski definition) is 5. The summed E-state index contributed by atoms with van der Waals surface area (Å²) in [5, 5.41) is 7.87. The lowest BCUT2D eigenvalue weighted by molar-refractivity contribution is -0.113. The van der Waals surface area contributed by atoms with Gasteiger partial charge < -0.3 is 14.6 Å². The van der Waals surface area contributed by atoms with E-state index in [1.165, 1.54) is 4.90 Å². The van der Waals surface area contributed by atoms with Gasteiger partial charge in [0.25, 0.3) is 5.91 Å². The summed E-state index contributed by atoms with van der Waals surface area (Å²) in [6.07, 6.45) is 1.76. The van der Waals surface area contributed by atoms with Crippen molar-refractivity contribution >= 4 is 46.6 Å². The van der Waals surface area contributed by atoms with Gasteiger partial charge >= 0.3 is 0 Å². The number of halogens is 1. The maximum atomic E-state index is 13.0. The van der Waals surface area contributed by atoms with Gasteiger partial charge in [0, 0.05) is 5.02 Å². The number of aryl methyl sites for hydroxylation is 3. The lowest BCUT2D eigenvalue weighted by atomic mass is 10.1. The molecule has 1 saturated heterocycles. The lowest BCUT2D eigenvalue weighted by Crippen LogP contribution is -2.30. The fourth-order valence-corrected chi connectivity index (χ4v) is 3.83. The van der Waals surface area contributed by atoms with Crippen LogP contribution in [0.3, 0.4) is 0 Å². The molecule has 0 saturated carbocycles. The van der Waals surface area contributed by atoms with Crippen molar-refractivity contribution in [2.75, 3.05) is 4.90 Å². The highest BCUT2D eigenvalue weighted by molar-refractivity contribution is 7.80. The zero-order valence-corrected chi connectivity index (χ0v) is 18.8. The Morgan fingerprint density at radius 3 is 2.58 bits per heavy atom. The third kappa shape index (κ3) is 4.33. The number of amides is 1. The summed E-state index contributed by atoms with van der Waals surface area (Å²) in [5.74, 6) is 1.25. The highest BCUT2D eigenvalue weighted by Gasteiger charge is 2.32. The number of nitrogens with one attached hydrogen (secondary N) is 1. The topological polar surface area (TPSA) is 67.6 Å². The molecule has 158 valence electrons. The van der Waals surface area contributed by atoms with Crippen molar-refractivity contribution in [3.05, 3.63) is 81.3 Å². The maximum Gasteiger partial charge on any atom is 0.281 e. The van der Waals surface area contributed by atoms with Crippen LogP contribution in [-0.4, -0.2) is 16.2 Å². The molecule has 0 aliphatic carbocycles. The number of carbonyl (C=O) groups excluding carboxylic acids is 1. The second-order valence-electron chi connectivity index (χ2n) is 7.22. The summed E-state index contributed by atoms with van der Waals surface area (Å²) in [6, 6.07) is 12.8. The third-order valence-electron chi connectivity index (χ3n) is 5.03. The normalized spacial score (nSPS) is 15.0. The predicted octanol–water partition coefficient (Wildman–Crippen LogP) is 5.09. The number of ether oxygens (including phenoxy) is 1. The molecular formula is C23H20ClN3O3S. The average molecular weight is 454 g/mol. The molecule has 1 aliphatic rings. The van der Waals surface area contributed by atoms with Gasteiger partial charge in [-0.1, -0.05) is 28.9 Å². The second-order valence-corrected chi connectivity index (χ2v) is 8.04. The van der Waals surface area contributed by atoms with Gasteiger partial charge in [0.1, 0.15) is 23.8 Å². The Kier molecular flexibility index (Phi) is 5.80. The van der Waals surface area contributed by atoms with Crippen LogP contribution in [-0.2, 0) is 11.4 Å². The van der Waals surface area contributed by atoms with E-state index in [9.17, 15) is 4.79 Å². The number of hydrogen-bond donors (Lipinski definition) is 1. The van der Waals surface area contributed by atoms with E-state index < -0.39 is 0 Å². The Balaban J connectivity index is 1.48. The van der Waals surface area contributed by atoms with Crippen LogP contribution in [0.4, 0.5) is 5.69 Å². The van der Waals surface area contributed by atoms with Gasteiger partial charge in [0.15, 0.2) is 5.11 Å². The zero-order chi connectivity index (χ0) is 22.1. The third-order valence-corrected chi connectivity index (χ3v) is 5.55. The zero-order valence-electron chi connectivity index (χ0n) is 17.2. The van der Waals surface area contributed by atoms with Crippen molar-refractivity contribution < 1.29 is 14.1 Å². The van der Waals surface area contributed by atoms with Crippen LogP contribution in [0.1, 0.15) is 28.1 Å². The number of carbonyl (C=O) groups is 1. The first-order chi connectivity index (χ1) is 14.8. The number of thiocarbonyl (C=S) groups is 1. The first-order valence-corrected chi connectivity index (χ1v) is 10.4. The minimum absolute atomic E-state index is 0.214. The molecule has 1 amide bonds. The molecular weight excluding hydrogens is 434 g/mol. The van der Waals surface area contributed by atoms with E-state index in [-0.39, 0.29) is 5.91 Å². The van der Waals surface area contributed by atoms with Gasteiger partial charge in [-0.15, -0.1) is 0 Å². The van der Waals surface area contributed by atoms with E-state index in [2.05, 4.69) is 10.5 Å². The Morgan fingerprint density at radius 2 is 1.94 bits per heavy atom. The summed E-state index contributed by atoms with van der Waals surface area (Å²) in [7, 11) is 0. The van der Waals surface area contributed by atoms with E-state index in [1.807, 2.05) is 45.0 Å². The van der Waals surface area contributed by atoms with Crippen molar-refractivity contribution in [3.63, 3.8) is 0 Å². The van der Waals surface area contributed by atoms with Gasteiger partial charge in [-0.3, -0.25) is 9.69 Å². The van der Waals surface area contributed by atoms with Crippen LogP contribution < -0.4 is 15.0 Å². The molecule has 0 atom stereocenters. The molecule has 1 N–H and O–H groups in total. The fraction of sp³-hybridized carbons (Fsp3) is 0.174. The first kappa shape index (κ1) is 21.1. The van der Waals surface area contributed by atoms with E-state index >= 15 is 0 Å². The van der Waals surface area contributed by atoms with Gasteiger partial charge in [-0.05, 0) is 80.5 Å². The molecule has 0 spiro atoms. The van der Waals surface area contributed by atoms with E-state index in [0.29, 0.717) is 33.9 Å². The molecule has 2 heterocycles. The first-order valence-electron chi connectivity index (χ1n) is 9.61. The van der Waals surface area contributed by atoms with Crippen LogP contribution in [0.25, 0.3) is 6.08 Å². The van der Waals surface area contributed by atoms with Gasteiger partial charge in [-0.2, -0.15) is 0 Å². The molecule has 4 rings (SSSR count). The van der Waals surface area contributed by atoms with Crippen molar-refractivity contribution in [2.45, 2.75) is 27.4 Å². The number of aromatic nitrogens is 1. The SMILES string of the molecule is Cc1cc(Cl)ccc1N1C(=O)/C(=C/c2ccc(OCc3c(C)noc3C)cc2)NC1=S. The molecule has 0 radical (unpaired) electrons. The highest BCUT2D eigenvalue weighted by Crippen LogP contribution is 2.28. The summed E-state index contributed by atoms with van der Waals surface area (Å²) in [5.41, 5.74) is 4.59. The molecule has 31 heavy (non-hydrogen) atoms. The number of anilines is 1. The molecule has 6 nitrogen and oxygen atoms in total. The van der Waals surface area contributed by atoms with Crippen LogP contribution >= 0.6 is 23.8 Å². The largest absolute Gasteiger partial charge is 0.489 e. The summed E-state index contributed by atoms with van der Waals surface area (Å²) in [4.78, 5) is 14.4. The summed E-state index contributed by atoms with van der Waals surface area (Å²) in [6.45, 7) is 6.01. The second kappa shape index (κ2) is 8.53. The van der Waals surface area contributed by atoms with Gasteiger partial charge in [0.2, 0.25) is 0 Å². The van der Waals surface area contributed by atoms with Crippen LogP contribution in [0, 0.1) is 20.8 Å². The summed E-state index contributed by atoms with van der Waals surface area (Å²) < 4.78 is 11.0. The Hall–Kier alpha value is -3.16. The Labute approximate surface area is 190 Å². The van der Waals surface area contributed by atoms with Crippen LogP contribution in [0.15, 0.2) is 52.7 Å². The number of rotatable bonds is 5. The minimum Gasteiger partial charge on any atom is -0.489 e. The lowest BCUT2D eigenvalue weighted by Gasteiger charge is -2.16. The average Bonchev–Trinajstić information content (AvgIpc) is 3.19. The number of nitrogens with zero attached hydrogens (tertiary/aromatic N) is 2. The van der Waals surface area contributed by atoms with Gasteiger partial charge in [0.05, 0.1) is 16.9 Å². The van der Waals surface area contributed by atoms with Gasteiger partial charge in [-0.25, -0.2) is 0 Å². The number of benzene rings is 2. The molecule has 0 unspecified atom stereocenters. The summed E-state index contributed by atoms with van der Waals surface area (Å²) >= 11 is 11.4. The molecule has 1 aromatic heterocycles. The smallest absolute Gasteiger partial charge is 0.281 e. The highest BCUT2D eigenvalue weighted by atomic mass is 35.5. The van der Waals surface area contributed by atoms with E-state index in [4.69, 9.17) is 33.1 Å². The molecule has 3 aromatic rings. The van der Waals surface area contributed by atoms with Crippen molar-refractivity contribution in [2.24, 2.45) is 0 Å². The van der Waals surface area contributed by atoms with Crippen molar-refractivity contribution in [1.82, 2.24) is 10.5 Å². The fourth-order valence-electron chi connectivity index (χ4n) is 3.31. The van der Waals surface area contributed by atoms with Crippen LogP contribution in [0.2, 0.25) is 5.02 Å². The Bertz CT molecular complexity index is 1180. The van der Waals surface area contributed by atoms with E-state index in [1.54, 1.807) is 24.3 Å². The maximum absolute atomic E-state index is 13.0. The molecule has 2 aromatic carbocycles. The molecule has 1 fully saturated rings. The molecule has 1 aliphatic heterocycles. The van der Waals surface area contributed by atoms with Crippen molar-refractivity contribution in [1.29, 1.82) is 0 Å². The standard InChI is InChI=1S/C23H20ClN3O3S/c1-13-10-17(24)6-9-21(13)27-22(28)20(25-23(27)31)11-16-4-7-18(8-5-16)29-12-19-14(2)26-30-15(19)3/h4-11H,12H2,1-3H3,(H,25,31)/b20-11-. The van der Waals surface area contributed by atoms with Crippen LogP contribution in [0.5, 0.6) is 5.75 Å². The Morgan fingerprint density at radius 1 is 1.19 bits per heavy atom. The van der Waals surface area contributed by atoms with Crippen molar-refractivity contribution in [3.8, 4) is 5.75 Å². The molecule has 8 heteroatoms. The predicted molar refractivity (Wildman–Crippen MR) is 124 cm³/mol. The molecule has 0 bridgehead atoms. The van der Waals surface area contributed by atoms with E-state index in [0.717, 1.165) is 28.1 Å². The quantitative estimate of drug-likeness (QED) is 0.428.